The molecular weight excluding hydrogens is 420 g/mol. The summed E-state index contributed by atoms with van der Waals surface area (Å²) in [4.78, 5) is 20.7. The largest absolute Gasteiger partial charge is 0.344 e. The Bertz CT molecular complexity index is 1320. The van der Waals surface area contributed by atoms with Gasteiger partial charge in [0.25, 0.3) is 5.91 Å². The molecule has 0 saturated heterocycles. The first-order valence-electron chi connectivity index (χ1n) is 11.8. The lowest BCUT2D eigenvalue weighted by atomic mass is 9.84. The highest BCUT2D eigenvalue weighted by Gasteiger charge is 2.16. The molecule has 34 heavy (non-hydrogen) atoms. The summed E-state index contributed by atoms with van der Waals surface area (Å²) in [5, 5.41) is 12.0. The van der Waals surface area contributed by atoms with Gasteiger partial charge < -0.3 is 10.3 Å². The number of H-pyrrole nitrogens is 1. The van der Waals surface area contributed by atoms with Gasteiger partial charge in [-0.2, -0.15) is 5.26 Å². The van der Waals surface area contributed by atoms with Gasteiger partial charge in [0.15, 0.2) is 0 Å². The summed E-state index contributed by atoms with van der Waals surface area (Å²) in [5.74, 6) is 1.22. The number of nitrogens with zero attached hydrogens (tertiary/aromatic N) is 2. The maximum absolute atomic E-state index is 12.8. The number of carbonyl (C=O) groups excluding carboxylic acids is 1. The Labute approximate surface area is 199 Å². The maximum Gasteiger partial charge on any atom is 0.255 e. The van der Waals surface area contributed by atoms with E-state index in [-0.39, 0.29) is 5.91 Å². The summed E-state index contributed by atoms with van der Waals surface area (Å²) in [7, 11) is 0. The molecule has 1 heterocycles. The monoisotopic (exact) mass is 446 g/mol. The van der Waals surface area contributed by atoms with E-state index >= 15 is 0 Å². The van der Waals surface area contributed by atoms with Crippen molar-refractivity contribution in [2.24, 2.45) is 0 Å². The Hall–Kier alpha value is -4.17. The van der Waals surface area contributed by atoms with E-state index in [4.69, 9.17) is 5.26 Å². The molecule has 1 aliphatic carbocycles. The van der Waals surface area contributed by atoms with Crippen LogP contribution in [0.3, 0.4) is 0 Å². The van der Waals surface area contributed by atoms with Crippen molar-refractivity contribution in [3.05, 3.63) is 95.7 Å². The molecule has 1 saturated carbocycles. The predicted molar refractivity (Wildman–Crippen MR) is 134 cm³/mol. The van der Waals surface area contributed by atoms with Gasteiger partial charge in [-0.1, -0.05) is 55.7 Å². The lowest BCUT2D eigenvalue weighted by molar-refractivity contribution is 0.102. The molecule has 3 aromatic carbocycles. The number of anilines is 1. The summed E-state index contributed by atoms with van der Waals surface area (Å²) in [6.45, 7) is 0. The summed E-state index contributed by atoms with van der Waals surface area (Å²) in [6.07, 6.45) is 8.28. The number of nitriles is 1. The van der Waals surface area contributed by atoms with Crippen molar-refractivity contribution in [1.82, 2.24) is 9.97 Å². The minimum Gasteiger partial charge on any atom is -0.344 e. The van der Waals surface area contributed by atoms with Crippen LogP contribution in [0.4, 0.5) is 5.69 Å². The van der Waals surface area contributed by atoms with E-state index in [9.17, 15) is 4.79 Å². The molecule has 0 bridgehead atoms. The van der Waals surface area contributed by atoms with Crippen molar-refractivity contribution in [3.8, 4) is 28.7 Å². The first kappa shape index (κ1) is 21.7. The standard InChI is InChI=1S/C29H26N4O/c30-18-20-9-11-23(12-10-20)27-19-31-28(33-27)25-7-4-8-26(17-25)32-29(34)24-15-13-22(14-16-24)21-5-2-1-3-6-21/h4,7-17,19,21H,1-3,5-6H2,(H,31,33)(H,32,34). The first-order chi connectivity index (χ1) is 16.7. The van der Waals surface area contributed by atoms with Crippen LogP contribution in [-0.4, -0.2) is 15.9 Å². The van der Waals surface area contributed by atoms with Gasteiger partial charge in [0.05, 0.1) is 17.3 Å². The quantitative estimate of drug-likeness (QED) is 0.349. The average Bonchev–Trinajstić information content (AvgIpc) is 3.40. The molecule has 168 valence electrons. The summed E-state index contributed by atoms with van der Waals surface area (Å²) >= 11 is 0. The first-order valence-corrected chi connectivity index (χ1v) is 11.8. The van der Waals surface area contributed by atoms with Gasteiger partial charge in [-0.3, -0.25) is 4.79 Å². The van der Waals surface area contributed by atoms with Crippen molar-refractivity contribution < 1.29 is 4.79 Å². The third kappa shape index (κ3) is 4.77. The Kier molecular flexibility index (Phi) is 6.22. The fourth-order valence-corrected chi connectivity index (χ4v) is 4.62. The van der Waals surface area contributed by atoms with Crippen LogP contribution in [0.25, 0.3) is 22.6 Å². The molecule has 2 N–H and O–H groups in total. The topological polar surface area (TPSA) is 81.6 Å². The third-order valence-electron chi connectivity index (χ3n) is 6.53. The van der Waals surface area contributed by atoms with Crippen LogP contribution in [0.15, 0.2) is 79.0 Å². The van der Waals surface area contributed by atoms with Gasteiger partial charge >= 0.3 is 0 Å². The number of nitrogens with one attached hydrogen (secondary N) is 2. The van der Waals surface area contributed by atoms with Crippen molar-refractivity contribution >= 4 is 11.6 Å². The highest BCUT2D eigenvalue weighted by atomic mass is 16.1. The van der Waals surface area contributed by atoms with E-state index in [2.05, 4.69) is 33.5 Å². The molecule has 1 aliphatic rings. The van der Waals surface area contributed by atoms with Crippen LogP contribution in [-0.2, 0) is 0 Å². The maximum atomic E-state index is 12.8. The van der Waals surface area contributed by atoms with Crippen LogP contribution in [0.5, 0.6) is 0 Å². The zero-order valence-electron chi connectivity index (χ0n) is 18.9. The van der Waals surface area contributed by atoms with Gasteiger partial charge in [-0.05, 0) is 60.7 Å². The summed E-state index contributed by atoms with van der Waals surface area (Å²) in [5.41, 5.74) is 5.95. The highest BCUT2D eigenvalue weighted by Crippen LogP contribution is 2.32. The van der Waals surface area contributed by atoms with Crippen LogP contribution in [0.2, 0.25) is 0 Å². The minimum absolute atomic E-state index is 0.120. The predicted octanol–water partition coefficient (Wildman–Crippen LogP) is 6.92. The molecule has 0 spiro atoms. The van der Waals surface area contributed by atoms with Crippen LogP contribution in [0, 0.1) is 11.3 Å². The number of amides is 1. The molecule has 5 nitrogen and oxygen atoms in total. The smallest absolute Gasteiger partial charge is 0.255 e. The molecule has 1 fully saturated rings. The lowest BCUT2D eigenvalue weighted by Crippen LogP contribution is -2.12. The molecule has 1 aromatic heterocycles. The minimum atomic E-state index is -0.120. The van der Waals surface area contributed by atoms with E-state index in [1.807, 2.05) is 54.7 Å². The number of hydrogen-bond acceptors (Lipinski definition) is 3. The van der Waals surface area contributed by atoms with Crippen molar-refractivity contribution in [1.29, 1.82) is 5.26 Å². The second-order valence-corrected chi connectivity index (χ2v) is 8.82. The second kappa shape index (κ2) is 9.76. The van der Waals surface area contributed by atoms with Gasteiger partial charge in [-0.25, -0.2) is 4.98 Å². The molecule has 4 aromatic rings. The van der Waals surface area contributed by atoms with Crippen molar-refractivity contribution in [2.75, 3.05) is 5.32 Å². The molecule has 0 aliphatic heterocycles. The Balaban J connectivity index is 1.28. The van der Waals surface area contributed by atoms with Gasteiger partial charge in [-0.15, -0.1) is 0 Å². The Morgan fingerprint density at radius 1 is 0.941 bits per heavy atom. The summed E-state index contributed by atoms with van der Waals surface area (Å²) < 4.78 is 0. The number of hydrogen-bond donors (Lipinski definition) is 2. The van der Waals surface area contributed by atoms with Gasteiger partial charge in [0.2, 0.25) is 0 Å². The van der Waals surface area contributed by atoms with Crippen LogP contribution < -0.4 is 5.32 Å². The molecule has 5 heteroatoms. The molecule has 5 rings (SSSR count). The van der Waals surface area contributed by atoms with Crippen LogP contribution in [0.1, 0.15) is 59.5 Å². The molecular formula is C29H26N4O. The lowest BCUT2D eigenvalue weighted by Gasteiger charge is -2.22. The second-order valence-electron chi connectivity index (χ2n) is 8.82. The van der Waals surface area contributed by atoms with Crippen molar-refractivity contribution in [3.63, 3.8) is 0 Å². The van der Waals surface area contributed by atoms with Gasteiger partial charge in [0.1, 0.15) is 5.82 Å². The molecule has 0 unspecified atom stereocenters. The fourth-order valence-electron chi connectivity index (χ4n) is 4.62. The van der Waals surface area contributed by atoms with E-state index in [1.54, 1.807) is 12.1 Å². The zero-order chi connectivity index (χ0) is 23.3. The SMILES string of the molecule is N#Cc1ccc(-c2c[nH]c(-c3cccc(NC(=O)c4ccc(C5CCCCC5)cc4)c3)n2)cc1. The number of benzene rings is 3. The molecule has 0 radical (unpaired) electrons. The normalized spacial score (nSPS) is 13.9. The number of aromatic nitrogens is 2. The van der Waals surface area contributed by atoms with E-state index in [1.165, 1.54) is 37.7 Å². The third-order valence-corrected chi connectivity index (χ3v) is 6.53. The van der Waals surface area contributed by atoms with E-state index in [0.29, 0.717) is 22.9 Å². The Morgan fingerprint density at radius 2 is 1.71 bits per heavy atom. The van der Waals surface area contributed by atoms with Gasteiger partial charge in [0, 0.05) is 28.6 Å². The molecule has 1 amide bonds. The number of aromatic amines is 1. The highest BCUT2D eigenvalue weighted by molar-refractivity contribution is 6.04. The van der Waals surface area contributed by atoms with E-state index in [0.717, 1.165) is 22.5 Å². The van der Waals surface area contributed by atoms with Crippen molar-refractivity contribution in [2.45, 2.75) is 38.0 Å². The number of rotatable bonds is 5. The Morgan fingerprint density at radius 3 is 2.44 bits per heavy atom. The summed E-state index contributed by atoms with van der Waals surface area (Å²) in [6, 6.07) is 25.2. The average molecular weight is 447 g/mol. The van der Waals surface area contributed by atoms with E-state index < -0.39 is 0 Å². The molecule has 0 atom stereocenters. The fraction of sp³-hybridized carbons (Fsp3) is 0.207. The van der Waals surface area contributed by atoms with Crippen LogP contribution >= 0.6 is 0 Å². The number of carbonyl (C=O) groups is 1. The zero-order valence-corrected chi connectivity index (χ0v) is 18.9. The number of imidazole rings is 1.